The van der Waals surface area contributed by atoms with Crippen molar-refractivity contribution in [2.75, 3.05) is 0 Å². The van der Waals surface area contributed by atoms with Crippen molar-refractivity contribution in [2.24, 2.45) is 0 Å². The van der Waals surface area contributed by atoms with Crippen molar-refractivity contribution in [3.63, 3.8) is 0 Å². The first-order chi connectivity index (χ1) is 12.9. The molecule has 3 rings (SSSR count). The van der Waals surface area contributed by atoms with Crippen LogP contribution in [0.1, 0.15) is 37.6 Å². The molecule has 2 aromatic carbocycles. The Bertz CT molecular complexity index is 1020. The van der Waals surface area contributed by atoms with Gasteiger partial charge in [-0.25, -0.2) is 0 Å². The molecule has 0 spiro atoms. The molecule has 0 aliphatic heterocycles. The van der Waals surface area contributed by atoms with Crippen LogP contribution in [0.3, 0.4) is 0 Å². The van der Waals surface area contributed by atoms with Gasteiger partial charge in [0.25, 0.3) is 5.56 Å². The van der Waals surface area contributed by atoms with E-state index in [1.807, 2.05) is 87.5 Å². The summed E-state index contributed by atoms with van der Waals surface area (Å²) in [6.07, 6.45) is 0. The number of rotatable bonds is 4. The molecule has 1 N–H and O–H groups in total. The molecule has 0 fully saturated rings. The van der Waals surface area contributed by atoms with Crippen molar-refractivity contribution in [3.05, 3.63) is 87.8 Å². The molecule has 0 saturated heterocycles. The van der Waals surface area contributed by atoms with Gasteiger partial charge in [0.15, 0.2) is 0 Å². The van der Waals surface area contributed by atoms with Crippen molar-refractivity contribution >= 4 is 0 Å². The maximum atomic E-state index is 12.3. The van der Waals surface area contributed by atoms with Crippen molar-refractivity contribution in [1.82, 2.24) is 4.98 Å². The third kappa shape index (κ3) is 4.27. The molecule has 0 unspecified atom stereocenters. The van der Waals surface area contributed by atoms with Crippen LogP contribution in [0.25, 0.3) is 11.1 Å². The second-order valence-corrected chi connectivity index (χ2v) is 7.46. The van der Waals surface area contributed by atoms with Crippen LogP contribution in [-0.4, -0.2) is 4.98 Å². The zero-order valence-electron chi connectivity index (χ0n) is 15.7. The Morgan fingerprint density at radius 3 is 2.30 bits per heavy atom. The molecule has 0 amide bonds. The van der Waals surface area contributed by atoms with E-state index in [0.29, 0.717) is 12.2 Å². The SMILES string of the molecule is CC(C)(C)c1cc(-c2ccc(OCc3ccccc3)cc2)c(C#N)c(=O)[nH]1. The largest absolute Gasteiger partial charge is 0.489 e. The molecule has 4 heteroatoms. The van der Waals surface area contributed by atoms with Crippen LogP contribution in [0.2, 0.25) is 0 Å². The number of nitrogens with zero attached hydrogens (tertiary/aromatic N) is 1. The molecule has 0 bridgehead atoms. The van der Waals surface area contributed by atoms with E-state index in [1.54, 1.807) is 0 Å². The Labute approximate surface area is 159 Å². The van der Waals surface area contributed by atoms with Crippen molar-refractivity contribution in [2.45, 2.75) is 32.8 Å². The fourth-order valence-corrected chi connectivity index (χ4v) is 2.77. The smallest absolute Gasteiger partial charge is 0.266 e. The maximum Gasteiger partial charge on any atom is 0.266 e. The molecule has 0 aliphatic carbocycles. The molecule has 0 radical (unpaired) electrons. The van der Waals surface area contributed by atoms with Crippen LogP contribution < -0.4 is 10.3 Å². The molecule has 0 saturated carbocycles. The summed E-state index contributed by atoms with van der Waals surface area (Å²) in [5.41, 5.74) is 2.89. The maximum absolute atomic E-state index is 12.3. The molecule has 3 aromatic rings. The molecule has 0 aliphatic rings. The molecule has 4 nitrogen and oxygen atoms in total. The molecule has 1 aromatic heterocycles. The van der Waals surface area contributed by atoms with E-state index in [4.69, 9.17) is 4.74 Å². The van der Waals surface area contributed by atoms with Gasteiger partial charge in [0, 0.05) is 16.7 Å². The number of nitriles is 1. The Kier molecular flexibility index (Phi) is 5.14. The first-order valence-electron chi connectivity index (χ1n) is 8.83. The number of aromatic amines is 1. The average Bonchev–Trinajstić information content (AvgIpc) is 2.66. The van der Waals surface area contributed by atoms with E-state index in [-0.39, 0.29) is 16.5 Å². The summed E-state index contributed by atoms with van der Waals surface area (Å²) in [6.45, 7) is 6.56. The second-order valence-electron chi connectivity index (χ2n) is 7.46. The Morgan fingerprint density at radius 2 is 1.70 bits per heavy atom. The van der Waals surface area contributed by atoms with Gasteiger partial charge >= 0.3 is 0 Å². The molecular formula is C23H22N2O2. The highest BCUT2D eigenvalue weighted by atomic mass is 16.5. The Morgan fingerprint density at radius 1 is 1.04 bits per heavy atom. The van der Waals surface area contributed by atoms with Gasteiger partial charge < -0.3 is 9.72 Å². The third-order valence-electron chi connectivity index (χ3n) is 4.37. The summed E-state index contributed by atoms with van der Waals surface area (Å²) in [4.78, 5) is 15.2. The van der Waals surface area contributed by atoms with Crippen LogP contribution >= 0.6 is 0 Å². The van der Waals surface area contributed by atoms with Crippen LogP contribution in [0.15, 0.2) is 65.5 Å². The summed E-state index contributed by atoms with van der Waals surface area (Å²) in [6, 6.07) is 21.3. The number of hydrogen-bond acceptors (Lipinski definition) is 3. The molecule has 27 heavy (non-hydrogen) atoms. The van der Waals surface area contributed by atoms with Gasteiger partial charge in [-0.1, -0.05) is 63.2 Å². The van der Waals surface area contributed by atoms with E-state index in [9.17, 15) is 10.1 Å². The fourth-order valence-electron chi connectivity index (χ4n) is 2.77. The fraction of sp³-hybridized carbons (Fsp3) is 0.217. The van der Waals surface area contributed by atoms with E-state index in [2.05, 4.69) is 4.98 Å². The zero-order chi connectivity index (χ0) is 19.4. The van der Waals surface area contributed by atoms with Crippen molar-refractivity contribution < 1.29 is 4.74 Å². The first kappa shape index (κ1) is 18.5. The number of benzene rings is 2. The van der Waals surface area contributed by atoms with Crippen molar-refractivity contribution in [3.8, 4) is 22.9 Å². The van der Waals surface area contributed by atoms with E-state index in [1.165, 1.54) is 0 Å². The number of pyridine rings is 1. The number of hydrogen-bond donors (Lipinski definition) is 1. The van der Waals surface area contributed by atoms with Gasteiger partial charge in [-0.2, -0.15) is 5.26 Å². The number of aromatic nitrogens is 1. The summed E-state index contributed by atoms with van der Waals surface area (Å²) >= 11 is 0. The van der Waals surface area contributed by atoms with Gasteiger partial charge in [-0.3, -0.25) is 4.79 Å². The van der Waals surface area contributed by atoms with E-state index in [0.717, 1.165) is 22.6 Å². The highest BCUT2D eigenvalue weighted by molar-refractivity contribution is 5.71. The van der Waals surface area contributed by atoms with Gasteiger partial charge in [0.1, 0.15) is 24.0 Å². The standard InChI is InChI=1S/C23H22N2O2/c1-23(2,3)21-13-19(20(14-24)22(26)25-21)17-9-11-18(12-10-17)27-15-16-7-5-4-6-8-16/h4-13H,15H2,1-3H3,(H,25,26). The lowest BCUT2D eigenvalue weighted by Gasteiger charge is -2.20. The molecular weight excluding hydrogens is 336 g/mol. The highest BCUT2D eigenvalue weighted by Crippen LogP contribution is 2.28. The van der Waals surface area contributed by atoms with Crippen molar-refractivity contribution in [1.29, 1.82) is 5.26 Å². The minimum atomic E-state index is -0.357. The van der Waals surface area contributed by atoms with Crippen LogP contribution in [0, 0.1) is 11.3 Å². The first-order valence-corrected chi connectivity index (χ1v) is 8.83. The number of H-pyrrole nitrogens is 1. The van der Waals surface area contributed by atoms with Gasteiger partial charge in [0.05, 0.1) is 0 Å². The third-order valence-corrected chi connectivity index (χ3v) is 4.37. The van der Waals surface area contributed by atoms with Gasteiger partial charge in [-0.05, 0) is 29.3 Å². The summed E-state index contributed by atoms with van der Waals surface area (Å²) < 4.78 is 5.81. The summed E-state index contributed by atoms with van der Waals surface area (Å²) in [5, 5.41) is 9.42. The predicted molar refractivity (Wildman–Crippen MR) is 107 cm³/mol. The normalized spacial score (nSPS) is 11.0. The zero-order valence-corrected chi connectivity index (χ0v) is 15.7. The van der Waals surface area contributed by atoms with Gasteiger partial charge in [-0.15, -0.1) is 0 Å². The Balaban J connectivity index is 1.89. The highest BCUT2D eigenvalue weighted by Gasteiger charge is 2.19. The van der Waals surface area contributed by atoms with Crippen LogP contribution in [0.4, 0.5) is 0 Å². The monoisotopic (exact) mass is 358 g/mol. The lowest BCUT2D eigenvalue weighted by atomic mass is 9.89. The van der Waals surface area contributed by atoms with Crippen LogP contribution in [0.5, 0.6) is 5.75 Å². The minimum absolute atomic E-state index is 0.126. The van der Waals surface area contributed by atoms with E-state index >= 15 is 0 Å². The second kappa shape index (κ2) is 7.51. The minimum Gasteiger partial charge on any atom is -0.489 e. The quantitative estimate of drug-likeness (QED) is 0.729. The summed E-state index contributed by atoms with van der Waals surface area (Å²) in [7, 11) is 0. The lowest BCUT2D eigenvalue weighted by molar-refractivity contribution is 0.306. The molecule has 1 heterocycles. The van der Waals surface area contributed by atoms with Crippen LogP contribution in [-0.2, 0) is 12.0 Å². The Hall–Kier alpha value is -3.32. The predicted octanol–water partition coefficient (Wildman–Crippen LogP) is 4.79. The topological polar surface area (TPSA) is 65.9 Å². The summed E-state index contributed by atoms with van der Waals surface area (Å²) in [5.74, 6) is 0.738. The van der Waals surface area contributed by atoms with E-state index < -0.39 is 0 Å². The molecule has 136 valence electrons. The average molecular weight is 358 g/mol. The number of nitrogens with one attached hydrogen (secondary N) is 1. The van der Waals surface area contributed by atoms with Gasteiger partial charge in [0.2, 0.25) is 0 Å². The molecule has 0 atom stereocenters. The number of ether oxygens (including phenoxy) is 1. The lowest BCUT2D eigenvalue weighted by Crippen LogP contribution is -2.22.